The molecule has 8 nitrogen and oxygen atoms in total. The molecular weight excluding hydrogens is 412 g/mol. The molecule has 1 heterocycles. The van der Waals surface area contributed by atoms with Gasteiger partial charge in [0.1, 0.15) is 11.3 Å². The van der Waals surface area contributed by atoms with Gasteiger partial charge in [0.25, 0.3) is 11.5 Å². The van der Waals surface area contributed by atoms with Gasteiger partial charge in [-0.1, -0.05) is 26.0 Å². The van der Waals surface area contributed by atoms with Gasteiger partial charge in [-0.25, -0.2) is 0 Å². The molecule has 1 atom stereocenters. The fourth-order valence-electron chi connectivity index (χ4n) is 3.93. The van der Waals surface area contributed by atoms with Crippen molar-refractivity contribution < 1.29 is 23.9 Å². The molecule has 32 heavy (non-hydrogen) atoms. The van der Waals surface area contributed by atoms with Crippen LogP contribution in [0.3, 0.4) is 0 Å². The zero-order valence-electron chi connectivity index (χ0n) is 18.7. The van der Waals surface area contributed by atoms with E-state index in [1.165, 1.54) is 13.2 Å². The number of ether oxygens (including phenoxy) is 2. The van der Waals surface area contributed by atoms with Crippen molar-refractivity contribution in [1.82, 2.24) is 10.3 Å². The number of pyridine rings is 1. The Morgan fingerprint density at radius 1 is 1.19 bits per heavy atom. The maximum Gasteiger partial charge on any atom is 0.308 e. The van der Waals surface area contributed by atoms with Crippen LogP contribution in [0.4, 0.5) is 0 Å². The van der Waals surface area contributed by atoms with Crippen LogP contribution in [0.1, 0.15) is 71.6 Å². The van der Waals surface area contributed by atoms with Crippen molar-refractivity contribution in [2.24, 2.45) is 5.41 Å². The first kappa shape index (κ1) is 23.2. The molecule has 1 unspecified atom stereocenters. The summed E-state index contributed by atoms with van der Waals surface area (Å²) < 4.78 is 10.3. The fraction of sp³-hybridized carbons (Fsp3) is 0.417. The lowest BCUT2D eigenvalue weighted by atomic mass is 9.75. The molecule has 0 aliphatic heterocycles. The molecule has 2 N–H and O–H groups in total. The molecule has 1 aliphatic carbocycles. The smallest absolute Gasteiger partial charge is 0.308 e. The molecule has 0 radical (unpaired) electrons. The topological polar surface area (TPSA) is 115 Å². The van der Waals surface area contributed by atoms with Gasteiger partial charge >= 0.3 is 5.97 Å². The largest absolute Gasteiger partial charge is 0.497 e. The van der Waals surface area contributed by atoms with Crippen LogP contribution in [0.15, 0.2) is 35.1 Å². The van der Waals surface area contributed by atoms with Gasteiger partial charge in [0, 0.05) is 17.7 Å². The first-order valence-corrected chi connectivity index (χ1v) is 10.5. The van der Waals surface area contributed by atoms with E-state index in [1.54, 1.807) is 31.2 Å². The van der Waals surface area contributed by atoms with Gasteiger partial charge in [-0.2, -0.15) is 0 Å². The van der Waals surface area contributed by atoms with E-state index in [0.717, 1.165) is 0 Å². The highest BCUT2D eigenvalue weighted by Gasteiger charge is 2.33. The lowest BCUT2D eigenvalue weighted by molar-refractivity contribution is -0.143. The number of Topliss-reactive ketones (excluding diaryl/α,β-unsaturated/α-hetero) is 1. The van der Waals surface area contributed by atoms with Crippen molar-refractivity contribution in [3.8, 4) is 5.75 Å². The van der Waals surface area contributed by atoms with E-state index in [4.69, 9.17) is 9.47 Å². The van der Waals surface area contributed by atoms with Crippen molar-refractivity contribution in [3.05, 3.63) is 63.1 Å². The number of ketones is 1. The SMILES string of the molecule is CCOC(=O)CC(NC(=O)c1cc2c([nH]c1=O)CC(C)(C)CC2=O)c1cccc(OC)c1. The van der Waals surface area contributed by atoms with Gasteiger partial charge in [-0.15, -0.1) is 0 Å². The number of hydrogen-bond donors (Lipinski definition) is 2. The molecule has 1 aromatic heterocycles. The summed E-state index contributed by atoms with van der Waals surface area (Å²) in [6.07, 6.45) is 0.756. The number of esters is 1. The van der Waals surface area contributed by atoms with Gasteiger partial charge in [0.15, 0.2) is 5.78 Å². The second-order valence-corrected chi connectivity index (χ2v) is 8.66. The molecule has 1 aliphatic rings. The van der Waals surface area contributed by atoms with Crippen LogP contribution in [0.5, 0.6) is 5.75 Å². The number of amides is 1. The lowest BCUT2D eigenvalue weighted by Crippen LogP contribution is -2.36. The maximum absolute atomic E-state index is 13.0. The summed E-state index contributed by atoms with van der Waals surface area (Å²) in [6, 6.07) is 7.54. The number of methoxy groups -OCH3 is 1. The Bertz CT molecular complexity index is 1100. The number of hydrogen-bond acceptors (Lipinski definition) is 6. The average molecular weight is 440 g/mol. The number of benzene rings is 1. The number of carbonyl (C=O) groups is 3. The minimum Gasteiger partial charge on any atom is -0.497 e. The van der Waals surface area contributed by atoms with E-state index in [2.05, 4.69) is 10.3 Å². The fourth-order valence-corrected chi connectivity index (χ4v) is 3.93. The Morgan fingerprint density at radius 2 is 1.94 bits per heavy atom. The molecule has 3 rings (SSSR count). The minimum absolute atomic E-state index is 0.114. The average Bonchev–Trinajstić information content (AvgIpc) is 2.72. The van der Waals surface area contributed by atoms with Gasteiger partial charge < -0.3 is 19.8 Å². The number of aromatic nitrogens is 1. The van der Waals surface area contributed by atoms with Gasteiger partial charge in [-0.05, 0) is 42.5 Å². The first-order valence-electron chi connectivity index (χ1n) is 10.5. The molecule has 1 aromatic carbocycles. The van der Waals surface area contributed by atoms with Gasteiger partial charge in [0.05, 0.1) is 26.2 Å². The first-order chi connectivity index (χ1) is 15.1. The zero-order valence-corrected chi connectivity index (χ0v) is 18.7. The predicted octanol–water partition coefficient (Wildman–Crippen LogP) is 2.96. The molecule has 0 fully saturated rings. The van der Waals surface area contributed by atoms with Crippen molar-refractivity contribution >= 4 is 17.7 Å². The van der Waals surface area contributed by atoms with E-state index >= 15 is 0 Å². The Morgan fingerprint density at radius 3 is 2.62 bits per heavy atom. The Hall–Kier alpha value is -3.42. The summed E-state index contributed by atoms with van der Waals surface area (Å²) in [5, 5.41) is 2.74. The third-order valence-corrected chi connectivity index (χ3v) is 5.44. The molecule has 170 valence electrons. The van der Waals surface area contributed by atoms with Crippen molar-refractivity contribution in [3.63, 3.8) is 0 Å². The van der Waals surface area contributed by atoms with E-state index in [-0.39, 0.29) is 29.8 Å². The summed E-state index contributed by atoms with van der Waals surface area (Å²) in [6.45, 7) is 5.82. The molecule has 0 bridgehead atoms. The summed E-state index contributed by atoms with van der Waals surface area (Å²) >= 11 is 0. The number of aromatic amines is 1. The summed E-state index contributed by atoms with van der Waals surface area (Å²) in [5.74, 6) is -0.718. The second-order valence-electron chi connectivity index (χ2n) is 8.66. The van der Waals surface area contributed by atoms with Crippen LogP contribution in [0.2, 0.25) is 0 Å². The molecule has 0 spiro atoms. The number of H-pyrrole nitrogens is 1. The highest BCUT2D eigenvalue weighted by atomic mass is 16.5. The minimum atomic E-state index is -0.748. The number of nitrogens with one attached hydrogen (secondary N) is 2. The summed E-state index contributed by atoms with van der Waals surface area (Å²) in [7, 11) is 1.52. The van der Waals surface area contributed by atoms with Crippen LogP contribution in [0, 0.1) is 5.41 Å². The standard InChI is InChI=1S/C24H28N2O6/c1-5-32-21(28)11-18(14-7-6-8-15(9-14)31-4)25-22(29)17-10-16-19(26-23(17)30)12-24(2,3)13-20(16)27/h6-10,18H,5,11-13H2,1-4H3,(H,25,29)(H,26,30). The van der Waals surface area contributed by atoms with Crippen LogP contribution in [-0.4, -0.2) is 36.4 Å². The van der Waals surface area contributed by atoms with Crippen molar-refractivity contribution in [2.75, 3.05) is 13.7 Å². The number of fused-ring (bicyclic) bond motifs is 1. The molecular formula is C24H28N2O6. The monoisotopic (exact) mass is 440 g/mol. The highest BCUT2D eigenvalue weighted by Crippen LogP contribution is 2.33. The van der Waals surface area contributed by atoms with Crippen molar-refractivity contribution in [1.29, 1.82) is 0 Å². The van der Waals surface area contributed by atoms with E-state index < -0.39 is 23.5 Å². The Kier molecular flexibility index (Phi) is 6.81. The molecule has 0 saturated heterocycles. The van der Waals surface area contributed by atoms with Crippen LogP contribution < -0.4 is 15.6 Å². The predicted molar refractivity (Wildman–Crippen MR) is 118 cm³/mol. The van der Waals surface area contributed by atoms with Gasteiger partial charge in [0.2, 0.25) is 0 Å². The van der Waals surface area contributed by atoms with Crippen LogP contribution in [0.25, 0.3) is 0 Å². The van der Waals surface area contributed by atoms with E-state index in [0.29, 0.717) is 35.4 Å². The second kappa shape index (κ2) is 9.38. The normalized spacial score (nSPS) is 15.4. The maximum atomic E-state index is 13.0. The molecule has 1 amide bonds. The summed E-state index contributed by atoms with van der Waals surface area (Å²) in [5.41, 5.74) is 0.522. The lowest BCUT2D eigenvalue weighted by Gasteiger charge is -2.29. The molecule has 8 heteroatoms. The van der Waals surface area contributed by atoms with Crippen LogP contribution in [-0.2, 0) is 16.0 Å². The molecule has 2 aromatic rings. The van der Waals surface area contributed by atoms with Crippen LogP contribution >= 0.6 is 0 Å². The van der Waals surface area contributed by atoms with E-state index in [1.807, 2.05) is 13.8 Å². The quantitative estimate of drug-likeness (QED) is 0.640. The number of carbonyl (C=O) groups excluding carboxylic acids is 3. The third kappa shape index (κ3) is 5.25. The zero-order chi connectivity index (χ0) is 23.5. The van der Waals surface area contributed by atoms with E-state index in [9.17, 15) is 19.2 Å². The number of rotatable bonds is 7. The Balaban J connectivity index is 1.92. The third-order valence-electron chi connectivity index (χ3n) is 5.44. The Labute approximate surface area is 186 Å². The molecule has 0 saturated carbocycles. The summed E-state index contributed by atoms with van der Waals surface area (Å²) in [4.78, 5) is 53.1. The van der Waals surface area contributed by atoms with Gasteiger partial charge in [-0.3, -0.25) is 19.2 Å². The van der Waals surface area contributed by atoms with Crippen molar-refractivity contribution in [2.45, 2.75) is 46.1 Å². The highest BCUT2D eigenvalue weighted by molar-refractivity contribution is 6.02.